The second-order valence-electron chi connectivity index (χ2n) is 3.47. The third kappa shape index (κ3) is 3.08. The predicted octanol–water partition coefficient (Wildman–Crippen LogP) is 5.04. The Morgan fingerprint density at radius 1 is 0.722 bits per heavy atom. The molecule has 0 radical (unpaired) electrons. The highest BCUT2D eigenvalue weighted by Gasteiger charge is 2.03. The summed E-state index contributed by atoms with van der Waals surface area (Å²) < 4.78 is 1.57. The van der Waals surface area contributed by atoms with Crippen LogP contribution in [0.3, 0.4) is 0 Å². The van der Waals surface area contributed by atoms with E-state index in [0.717, 1.165) is 8.95 Å². The Hall–Kier alpha value is -1.40. The van der Waals surface area contributed by atoms with E-state index in [9.17, 15) is 10.2 Å². The molecule has 2 aromatic carbocycles. The maximum absolute atomic E-state index is 9.59. The van der Waals surface area contributed by atoms with E-state index >= 15 is 0 Å². The number of hydrogen-bond donors (Lipinski definition) is 2. The van der Waals surface area contributed by atoms with Crippen LogP contribution in [-0.4, -0.2) is 10.2 Å². The normalized spacial score (nSPS) is 11.0. The van der Waals surface area contributed by atoms with Crippen molar-refractivity contribution >= 4 is 43.2 Å². The lowest BCUT2D eigenvalue weighted by Crippen LogP contribution is -1.71. The van der Waals surface area contributed by atoms with Gasteiger partial charge in [0.05, 0.1) is 0 Å². The molecule has 0 saturated heterocycles. The van der Waals surface area contributed by atoms with Crippen LogP contribution in [0.2, 0.25) is 0 Å². The van der Waals surface area contributed by atoms with E-state index in [1.807, 2.05) is 0 Å². The van der Waals surface area contributed by atoms with Crippen molar-refractivity contribution in [1.29, 1.82) is 0 Å². The van der Waals surface area contributed by atoms with E-state index in [4.69, 9.17) is 0 Å². The molecule has 2 N–H and O–H groups in total. The largest absolute Gasteiger partial charge is 0.506 e. The van der Waals surface area contributed by atoms with E-state index in [-0.39, 0.29) is 11.5 Å². The number of rotatable bonds is 2. The third-order valence-corrected chi connectivity index (χ3v) is 3.13. The van der Waals surface area contributed by atoms with Crippen LogP contribution in [-0.2, 0) is 0 Å². The van der Waals surface area contributed by atoms with Crippen LogP contribution >= 0.6 is 31.9 Å². The second-order valence-corrected chi connectivity index (χ2v) is 5.30. The van der Waals surface area contributed by atoms with Gasteiger partial charge in [-0.1, -0.05) is 31.9 Å². The molecular weight excluding hydrogens is 364 g/mol. The molecule has 0 spiro atoms. The second kappa shape index (κ2) is 5.49. The number of hydrogen-bond acceptors (Lipinski definition) is 4. The van der Waals surface area contributed by atoms with Gasteiger partial charge in [0, 0.05) is 8.95 Å². The Labute approximate surface area is 120 Å². The molecule has 0 amide bonds. The monoisotopic (exact) mass is 370 g/mol. The standard InChI is InChI=1S/C12H8Br2N2O2/c13-7-1-3-11(17)9(5-7)15-16-10-6-8(14)2-4-12(10)18/h1-6,17-18H. The summed E-state index contributed by atoms with van der Waals surface area (Å²) in [5.41, 5.74) is 0.646. The molecule has 0 atom stereocenters. The van der Waals surface area contributed by atoms with Gasteiger partial charge in [-0.05, 0) is 36.4 Å². The predicted molar refractivity (Wildman–Crippen MR) is 75.8 cm³/mol. The van der Waals surface area contributed by atoms with Crippen LogP contribution in [0.5, 0.6) is 11.5 Å². The molecule has 2 rings (SSSR count). The smallest absolute Gasteiger partial charge is 0.143 e. The first-order valence-electron chi connectivity index (χ1n) is 4.95. The molecule has 0 aliphatic carbocycles. The molecule has 0 heterocycles. The van der Waals surface area contributed by atoms with Crippen molar-refractivity contribution in [3.63, 3.8) is 0 Å². The number of halogens is 2. The fourth-order valence-electron chi connectivity index (χ4n) is 1.26. The van der Waals surface area contributed by atoms with Gasteiger partial charge in [-0.25, -0.2) is 0 Å². The first-order valence-corrected chi connectivity index (χ1v) is 6.53. The summed E-state index contributed by atoms with van der Waals surface area (Å²) in [6, 6.07) is 9.69. The van der Waals surface area contributed by atoms with Gasteiger partial charge >= 0.3 is 0 Å². The number of nitrogens with zero attached hydrogens (tertiary/aromatic N) is 2. The molecule has 18 heavy (non-hydrogen) atoms. The minimum atomic E-state index is 0.0245. The van der Waals surface area contributed by atoms with Crippen molar-refractivity contribution in [2.75, 3.05) is 0 Å². The number of phenolic OH excluding ortho intramolecular Hbond substituents is 2. The molecule has 0 bridgehead atoms. The Balaban J connectivity index is 2.35. The SMILES string of the molecule is Oc1ccc(Br)cc1N=Nc1cc(Br)ccc1O. The van der Waals surface area contributed by atoms with Crippen LogP contribution in [0, 0.1) is 0 Å². The lowest BCUT2D eigenvalue weighted by molar-refractivity contribution is 0.474. The number of aromatic hydroxyl groups is 2. The van der Waals surface area contributed by atoms with E-state index in [1.165, 1.54) is 12.1 Å². The molecule has 6 heteroatoms. The van der Waals surface area contributed by atoms with E-state index in [1.54, 1.807) is 24.3 Å². The summed E-state index contributed by atoms with van der Waals surface area (Å²) in [4.78, 5) is 0. The molecule has 0 unspecified atom stereocenters. The average Bonchev–Trinajstić information content (AvgIpc) is 2.34. The Morgan fingerprint density at radius 2 is 1.11 bits per heavy atom. The fourth-order valence-corrected chi connectivity index (χ4v) is 1.96. The van der Waals surface area contributed by atoms with Crippen LogP contribution in [0.1, 0.15) is 0 Å². The highest BCUT2D eigenvalue weighted by atomic mass is 79.9. The Bertz CT molecular complexity index is 562. The third-order valence-electron chi connectivity index (χ3n) is 2.14. The van der Waals surface area contributed by atoms with E-state index < -0.39 is 0 Å². The van der Waals surface area contributed by atoms with Crippen molar-refractivity contribution in [3.05, 3.63) is 45.3 Å². The topological polar surface area (TPSA) is 65.2 Å². The molecule has 0 aromatic heterocycles. The fraction of sp³-hybridized carbons (Fsp3) is 0. The zero-order valence-corrected chi connectivity index (χ0v) is 12.2. The molecule has 0 saturated carbocycles. The van der Waals surface area contributed by atoms with Crippen molar-refractivity contribution < 1.29 is 10.2 Å². The van der Waals surface area contributed by atoms with Crippen LogP contribution in [0.4, 0.5) is 11.4 Å². The molecule has 92 valence electrons. The molecule has 0 aliphatic heterocycles. The molecule has 4 nitrogen and oxygen atoms in total. The van der Waals surface area contributed by atoms with Gasteiger partial charge in [0.15, 0.2) is 0 Å². The summed E-state index contributed by atoms with van der Waals surface area (Å²) >= 11 is 6.56. The van der Waals surface area contributed by atoms with Gasteiger partial charge in [-0.15, -0.1) is 10.2 Å². The average molecular weight is 372 g/mol. The first kappa shape index (κ1) is 13.0. The van der Waals surface area contributed by atoms with Gasteiger partial charge in [-0.2, -0.15) is 0 Å². The number of phenols is 2. The summed E-state index contributed by atoms with van der Waals surface area (Å²) in [6.45, 7) is 0. The van der Waals surface area contributed by atoms with Crippen molar-refractivity contribution in [3.8, 4) is 11.5 Å². The lowest BCUT2D eigenvalue weighted by atomic mass is 10.3. The van der Waals surface area contributed by atoms with Gasteiger partial charge in [-0.3, -0.25) is 0 Å². The Kier molecular flexibility index (Phi) is 3.98. The van der Waals surface area contributed by atoms with Gasteiger partial charge in [0.2, 0.25) is 0 Å². The zero-order valence-electron chi connectivity index (χ0n) is 9.01. The summed E-state index contributed by atoms with van der Waals surface area (Å²) in [7, 11) is 0. The van der Waals surface area contributed by atoms with Gasteiger partial charge in [0.25, 0.3) is 0 Å². The van der Waals surface area contributed by atoms with Crippen LogP contribution in [0.15, 0.2) is 55.6 Å². The van der Waals surface area contributed by atoms with E-state index in [2.05, 4.69) is 42.1 Å². The maximum Gasteiger partial charge on any atom is 0.143 e. The van der Waals surface area contributed by atoms with Gasteiger partial charge < -0.3 is 10.2 Å². The number of azo groups is 1. The lowest BCUT2D eigenvalue weighted by Gasteiger charge is -2.00. The minimum Gasteiger partial charge on any atom is -0.506 e. The number of benzene rings is 2. The molecular formula is C12H8Br2N2O2. The zero-order chi connectivity index (χ0) is 13.1. The molecule has 0 fully saturated rings. The maximum atomic E-state index is 9.59. The molecule has 2 aromatic rings. The quantitative estimate of drug-likeness (QED) is 0.726. The summed E-state index contributed by atoms with van der Waals surface area (Å²) in [5.74, 6) is 0.0490. The molecule has 0 aliphatic rings. The van der Waals surface area contributed by atoms with Crippen molar-refractivity contribution in [2.24, 2.45) is 10.2 Å². The van der Waals surface area contributed by atoms with Crippen LogP contribution < -0.4 is 0 Å². The van der Waals surface area contributed by atoms with E-state index in [0.29, 0.717) is 11.4 Å². The Morgan fingerprint density at radius 3 is 1.50 bits per heavy atom. The van der Waals surface area contributed by atoms with Gasteiger partial charge in [0.1, 0.15) is 22.9 Å². The van der Waals surface area contributed by atoms with Crippen molar-refractivity contribution in [1.82, 2.24) is 0 Å². The highest BCUT2D eigenvalue weighted by molar-refractivity contribution is 9.10. The van der Waals surface area contributed by atoms with Crippen molar-refractivity contribution in [2.45, 2.75) is 0 Å². The van der Waals surface area contributed by atoms with Crippen LogP contribution in [0.25, 0.3) is 0 Å². The summed E-state index contributed by atoms with van der Waals surface area (Å²) in [5, 5.41) is 27.0. The first-order chi connectivity index (χ1) is 8.56. The summed E-state index contributed by atoms with van der Waals surface area (Å²) in [6.07, 6.45) is 0. The highest BCUT2D eigenvalue weighted by Crippen LogP contribution is 2.34. The minimum absolute atomic E-state index is 0.0245.